The van der Waals surface area contributed by atoms with Crippen LogP contribution >= 0.6 is 0 Å². The van der Waals surface area contributed by atoms with Gasteiger partial charge in [0.2, 0.25) is 5.95 Å². The van der Waals surface area contributed by atoms with Gasteiger partial charge in [0.15, 0.2) is 11.4 Å². The largest absolute Gasteiger partial charge is 0.494 e. The van der Waals surface area contributed by atoms with Crippen molar-refractivity contribution < 1.29 is 13.7 Å². The maximum absolute atomic E-state index is 6.14. The number of hydrogen-bond acceptors (Lipinski definition) is 7. The fourth-order valence-electron chi connectivity index (χ4n) is 3.62. The lowest BCUT2D eigenvalue weighted by Crippen LogP contribution is -2.41. The predicted octanol–water partition coefficient (Wildman–Crippen LogP) is 3.02. The molecule has 1 fully saturated rings. The molecule has 0 aliphatic carbocycles. The number of nitrogen functional groups attached to an aromatic ring is 1. The number of aromatic nitrogens is 4. The van der Waals surface area contributed by atoms with Gasteiger partial charge < -0.3 is 19.5 Å². The molecule has 3 aromatic heterocycles. The summed E-state index contributed by atoms with van der Waals surface area (Å²) >= 11 is 0. The van der Waals surface area contributed by atoms with Crippen molar-refractivity contribution in [2.75, 3.05) is 5.73 Å². The van der Waals surface area contributed by atoms with Crippen LogP contribution in [0.1, 0.15) is 33.3 Å². The van der Waals surface area contributed by atoms with Gasteiger partial charge in [-0.3, -0.25) is 0 Å². The number of benzene rings is 1. The highest BCUT2D eigenvalue weighted by Crippen LogP contribution is 2.36. The summed E-state index contributed by atoms with van der Waals surface area (Å²) in [6, 6.07) is 11.8. The van der Waals surface area contributed by atoms with Crippen LogP contribution in [0.4, 0.5) is 5.95 Å². The SMILES string of the molecule is CC1(C)OB(c2ccc(Cn3ncc4c(-c5ccco5)nc(N)nc43)cc2)OC1(C)C. The zero-order valence-electron chi connectivity index (χ0n) is 18.0. The summed E-state index contributed by atoms with van der Waals surface area (Å²) in [5.41, 5.74) is 8.57. The van der Waals surface area contributed by atoms with E-state index in [0.717, 1.165) is 16.4 Å². The van der Waals surface area contributed by atoms with Crippen molar-refractivity contribution in [1.29, 1.82) is 0 Å². The molecule has 0 atom stereocenters. The number of nitrogens with two attached hydrogens (primary N) is 1. The number of fused-ring (bicyclic) bond motifs is 1. The zero-order chi connectivity index (χ0) is 21.8. The molecule has 8 nitrogen and oxygen atoms in total. The monoisotopic (exact) mass is 417 g/mol. The molecule has 158 valence electrons. The molecule has 9 heteroatoms. The van der Waals surface area contributed by atoms with Crippen molar-refractivity contribution in [2.45, 2.75) is 45.4 Å². The Balaban J connectivity index is 1.41. The highest BCUT2D eigenvalue weighted by Gasteiger charge is 2.51. The predicted molar refractivity (Wildman–Crippen MR) is 119 cm³/mol. The van der Waals surface area contributed by atoms with Crippen LogP contribution in [0, 0.1) is 0 Å². The van der Waals surface area contributed by atoms with E-state index in [9.17, 15) is 0 Å². The van der Waals surface area contributed by atoms with Crippen molar-refractivity contribution in [3.05, 3.63) is 54.4 Å². The first kappa shape index (κ1) is 19.8. The molecule has 5 rings (SSSR count). The molecule has 1 aromatic carbocycles. The Hall–Kier alpha value is -3.17. The first-order chi connectivity index (χ1) is 14.7. The molecule has 1 aliphatic rings. The number of rotatable bonds is 4. The Morgan fingerprint density at radius 3 is 2.35 bits per heavy atom. The van der Waals surface area contributed by atoms with Gasteiger partial charge in [0, 0.05) is 0 Å². The number of furan rings is 1. The van der Waals surface area contributed by atoms with E-state index in [1.807, 2.05) is 41.1 Å². The van der Waals surface area contributed by atoms with Gasteiger partial charge in [-0.2, -0.15) is 10.1 Å². The molecule has 0 saturated carbocycles. The molecular weight excluding hydrogens is 393 g/mol. The standard InChI is InChI=1S/C22H24BN5O3/c1-21(2)22(3,4)31-23(30-21)15-9-7-14(8-10-15)13-28-19-16(12-25-28)18(26-20(24)27-19)17-6-5-11-29-17/h5-12H,13H2,1-4H3,(H2,24,26,27). The molecule has 1 saturated heterocycles. The topological polar surface area (TPSA) is 101 Å². The van der Waals surface area contributed by atoms with E-state index in [4.69, 9.17) is 19.5 Å². The Bertz CT molecular complexity index is 1220. The van der Waals surface area contributed by atoms with Gasteiger partial charge in [-0.1, -0.05) is 24.3 Å². The first-order valence-electron chi connectivity index (χ1n) is 10.2. The summed E-state index contributed by atoms with van der Waals surface area (Å²) in [5, 5.41) is 5.30. The third-order valence-corrected chi connectivity index (χ3v) is 6.11. The van der Waals surface area contributed by atoms with Crippen LogP contribution in [-0.2, 0) is 15.9 Å². The second-order valence-electron chi connectivity index (χ2n) is 8.78. The summed E-state index contributed by atoms with van der Waals surface area (Å²) in [6.45, 7) is 8.74. The Labute approximate surface area is 180 Å². The Morgan fingerprint density at radius 1 is 1.00 bits per heavy atom. The van der Waals surface area contributed by atoms with E-state index in [1.165, 1.54) is 0 Å². The summed E-state index contributed by atoms with van der Waals surface area (Å²) in [5.74, 6) is 0.808. The zero-order valence-corrected chi connectivity index (χ0v) is 18.0. The average Bonchev–Trinajstić information content (AvgIpc) is 3.42. The lowest BCUT2D eigenvalue weighted by molar-refractivity contribution is 0.00578. The van der Waals surface area contributed by atoms with E-state index in [-0.39, 0.29) is 24.3 Å². The van der Waals surface area contributed by atoms with Gasteiger partial charge in [0.25, 0.3) is 0 Å². The smallest absolute Gasteiger partial charge is 0.463 e. The molecule has 4 heterocycles. The van der Waals surface area contributed by atoms with Gasteiger partial charge >= 0.3 is 7.12 Å². The second kappa shape index (κ2) is 6.93. The maximum Gasteiger partial charge on any atom is 0.494 e. The minimum absolute atomic E-state index is 0.178. The van der Waals surface area contributed by atoms with Gasteiger partial charge in [0.05, 0.1) is 35.6 Å². The average molecular weight is 417 g/mol. The molecule has 4 aromatic rings. The van der Waals surface area contributed by atoms with E-state index < -0.39 is 0 Å². The van der Waals surface area contributed by atoms with Gasteiger partial charge in [-0.25, -0.2) is 9.67 Å². The van der Waals surface area contributed by atoms with Crippen LogP contribution in [0.15, 0.2) is 53.3 Å². The van der Waals surface area contributed by atoms with E-state index >= 15 is 0 Å². The van der Waals surface area contributed by atoms with Crippen molar-refractivity contribution in [3.63, 3.8) is 0 Å². The summed E-state index contributed by atoms with van der Waals surface area (Å²) < 4.78 is 19.6. The summed E-state index contributed by atoms with van der Waals surface area (Å²) in [4.78, 5) is 8.74. The minimum atomic E-state index is -0.382. The molecule has 0 unspecified atom stereocenters. The minimum Gasteiger partial charge on any atom is -0.463 e. The van der Waals surface area contributed by atoms with E-state index in [0.29, 0.717) is 23.6 Å². The molecule has 2 N–H and O–H groups in total. The Kier molecular flexibility index (Phi) is 4.42. The lowest BCUT2D eigenvalue weighted by atomic mass is 9.79. The highest BCUT2D eigenvalue weighted by atomic mass is 16.7. The van der Waals surface area contributed by atoms with Crippen LogP contribution in [0.25, 0.3) is 22.5 Å². The van der Waals surface area contributed by atoms with Crippen molar-refractivity contribution in [2.24, 2.45) is 0 Å². The number of anilines is 1. The molecular formula is C22H24BN5O3. The molecule has 0 amide bonds. The third-order valence-electron chi connectivity index (χ3n) is 6.11. The molecule has 31 heavy (non-hydrogen) atoms. The summed E-state index contributed by atoms with van der Waals surface area (Å²) in [6.07, 6.45) is 3.34. The van der Waals surface area contributed by atoms with Crippen LogP contribution in [0.5, 0.6) is 0 Å². The van der Waals surface area contributed by atoms with E-state index in [2.05, 4.69) is 42.8 Å². The molecule has 0 radical (unpaired) electrons. The van der Waals surface area contributed by atoms with Crippen LogP contribution in [-0.4, -0.2) is 38.1 Å². The lowest BCUT2D eigenvalue weighted by Gasteiger charge is -2.32. The Morgan fingerprint density at radius 2 is 1.71 bits per heavy atom. The van der Waals surface area contributed by atoms with Gasteiger partial charge in [-0.15, -0.1) is 0 Å². The van der Waals surface area contributed by atoms with Crippen molar-refractivity contribution >= 4 is 29.6 Å². The van der Waals surface area contributed by atoms with Gasteiger partial charge in [0.1, 0.15) is 5.69 Å². The fourth-order valence-corrected chi connectivity index (χ4v) is 3.62. The highest BCUT2D eigenvalue weighted by molar-refractivity contribution is 6.62. The number of hydrogen-bond donors (Lipinski definition) is 1. The third kappa shape index (κ3) is 3.39. The van der Waals surface area contributed by atoms with Crippen molar-refractivity contribution in [1.82, 2.24) is 19.7 Å². The first-order valence-corrected chi connectivity index (χ1v) is 10.2. The quantitative estimate of drug-likeness (QED) is 0.510. The van der Waals surface area contributed by atoms with Crippen LogP contribution in [0.3, 0.4) is 0 Å². The summed E-state index contributed by atoms with van der Waals surface area (Å²) in [7, 11) is -0.382. The van der Waals surface area contributed by atoms with Crippen molar-refractivity contribution in [3.8, 4) is 11.5 Å². The fraction of sp³-hybridized carbons (Fsp3) is 0.318. The normalized spacial score (nSPS) is 17.5. The molecule has 1 aliphatic heterocycles. The number of nitrogens with zero attached hydrogens (tertiary/aromatic N) is 4. The molecule has 0 bridgehead atoms. The van der Waals surface area contributed by atoms with E-state index in [1.54, 1.807) is 12.5 Å². The van der Waals surface area contributed by atoms with Gasteiger partial charge in [-0.05, 0) is 50.9 Å². The van der Waals surface area contributed by atoms with Crippen LogP contribution < -0.4 is 11.2 Å². The maximum atomic E-state index is 6.14. The second-order valence-corrected chi connectivity index (χ2v) is 8.78. The molecule has 0 spiro atoms. The van der Waals surface area contributed by atoms with Crippen LogP contribution in [0.2, 0.25) is 0 Å².